The average Bonchev–Trinajstić information content (AvgIpc) is 2.91. The van der Waals surface area contributed by atoms with E-state index < -0.39 is 0 Å². The fourth-order valence-corrected chi connectivity index (χ4v) is 4.79. The van der Waals surface area contributed by atoms with Gasteiger partial charge < -0.3 is 24.2 Å². The summed E-state index contributed by atoms with van der Waals surface area (Å²) in [5.41, 5.74) is 1.73. The Kier molecular flexibility index (Phi) is 10.8. The molecule has 1 atom stereocenters. The van der Waals surface area contributed by atoms with Crippen molar-refractivity contribution in [3.63, 3.8) is 0 Å². The molecule has 204 valence electrons. The summed E-state index contributed by atoms with van der Waals surface area (Å²) in [6.07, 6.45) is 4.88. The molecule has 37 heavy (non-hydrogen) atoms. The van der Waals surface area contributed by atoms with Gasteiger partial charge in [-0.3, -0.25) is 14.6 Å². The Balaban J connectivity index is 1.56. The zero-order valence-corrected chi connectivity index (χ0v) is 23.1. The number of methoxy groups -OCH3 is 2. The number of carbonyl (C=O) groups is 1. The molecule has 9 heteroatoms. The van der Waals surface area contributed by atoms with Crippen molar-refractivity contribution in [3.05, 3.63) is 45.9 Å². The van der Waals surface area contributed by atoms with Crippen molar-refractivity contribution in [2.75, 3.05) is 58.9 Å². The highest BCUT2D eigenvalue weighted by Crippen LogP contribution is 2.27. The first-order valence-corrected chi connectivity index (χ1v) is 13.4. The van der Waals surface area contributed by atoms with Gasteiger partial charge in [0.2, 0.25) is 11.9 Å². The van der Waals surface area contributed by atoms with E-state index >= 15 is 0 Å². The Hall–Kier alpha value is -3.07. The minimum absolute atomic E-state index is 0.113. The standard InChI is InChI=1S/C28H43N5O4/c1-6-8-9-22(7-2)27(35)32-14-16-33(17-15-32)28-29-23(19-26(34)30-28)20-31(3)13-12-21-10-11-24(36-4)25(18-21)37-5/h10-11,18-19,22H,6-9,12-17,20H2,1-5H3,(H,29,30,34)/t22-/m0/s1. The van der Waals surface area contributed by atoms with Crippen LogP contribution >= 0.6 is 0 Å². The van der Waals surface area contributed by atoms with Gasteiger partial charge in [0.05, 0.1) is 19.9 Å². The molecule has 0 unspecified atom stereocenters. The molecule has 3 rings (SSSR count). The second-order valence-corrected chi connectivity index (χ2v) is 9.80. The predicted molar refractivity (Wildman–Crippen MR) is 147 cm³/mol. The molecule has 0 bridgehead atoms. The van der Waals surface area contributed by atoms with Crippen LogP contribution in [0.5, 0.6) is 11.5 Å². The van der Waals surface area contributed by atoms with Crippen LogP contribution in [0.15, 0.2) is 29.1 Å². The zero-order chi connectivity index (χ0) is 26.8. The number of likely N-dealkylation sites (N-methyl/N-ethyl adjacent to an activating group) is 1. The maximum atomic E-state index is 13.0. The van der Waals surface area contributed by atoms with Crippen LogP contribution in [0.25, 0.3) is 0 Å². The third kappa shape index (κ3) is 7.95. The normalized spacial score (nSPS) is 14.6. The summed E-state index contributed by atoms with van der Waals surface area (Å²) < 4.78 is 10.7. The Labute approximate surface area is 220 Å². The number of benzene rings is 1. The molecule has 9 nitrogen and oxygen atoms in total. The summed E-state index contributed by atoms with van der Waals surface area (Å²) in [5.74, 6) is 2.40. The number of hydrogen-bond donors (Lipinski definition) is 1. The molecule has 1 saturated heterocycles. The van der Waals surface area contributed by atoms with Gasteiger partial charge in [0.1, 0.15) is 0 Å². The number of anilines is 1. The van der Waals surface area contributed by atoms with Crippen molar-refractivity contribution >= 4 is 11.9 Å². The molecule has 1 fully saturated rings. The number of unbranched alkanes of at least 4 members (excludes halogenated alkanes) is 1. The lowest BCUT2D eigenvalue weighted by Gasteiger charge is -2.36. The first-order chi connectivity index (χ1) is 17.9. The SMILES string of the molecule is CCCC[C@H](CC)C(=O)N1CCN(c2nc(CN(C)CCc3ccc(OC)c(OC)c3)cc(=O)[nH]2)CC1. The summed E-state index contributed by atoms with van der Waals surface area (Å²) in [6, 6.07) is 7.51. The Morgan fingerprint density at radius 1 is 1.11 bits per heavy atom. The second-order valence-electron chi connectivity index (χ2n) is 9.80. The van der Waals surface area contributed by atoms with Gasteiger partial charge in [-0.1, -0.05) is 32.8 Å². The molecule has 2 aromatic rings. The fraction of sp³-hybridized carbons (Fsp3) is 0.607. The lowest BCUT2D eigenvalue weighted by molar-refractivity contribution is -0.136. The topological polar surface area (TPSA) is 91.0 Å². The molecule has 1 aliphatic heterocycles. The van der Waals surface area contributed by atoms with Crippen LogP contribution in [-0.2, 0) is 17.8 Å². The smallest absolute Gasteiger partial charge is 0.252 e. The number of ether oxygens (including phenoxy) is 2. The highest BCUT2D eigenvalue weighted by atomic mass is 16.5. The second kappa shape index (κ2) is 14.0. The first kappa shape index (κ1) is 28.5. The van der Waals surface area contributed by atoms with E-state index in [4.69, 9.17) is 14.5 Å². The molecular formula is C28H43N5O4. The van der Waals surface area contributed by atoms with Crippen LogP contribution in [0.2, 0.25) is 0 Å². The van der Waals surface area contributed by atoms with E-state index in [1.807, 2.05) is 30.1 Å². The van der Waals surface area contributed by atoms with Crippen LogP contribution in [0.1, 0.15) is 50.8 Å². The van der Waals surface area contributed by atoms with E-state index in [0.717, 1.165) is 55.7 Å². The van der Waals surface area contributed by atoms with Crippen LogP contribution in [-0.4, -0.2) is 79.7 Å². The average molecular weight is 514 g/mol. The monoisotopic (exact) mass is 513 g/mol. The number of hydrogen-bond acceptors (Lipinski definition) is 7. The number of nitrogens with one attached hydrogen (secondary N) is 1. The van der Waals surface area contributed by atoms with Crippen molar-refractivity contribution in [1.82, 2.24) is 19.8 Å². The van der Waals surface area contributed by atoms with Gasteiger partial charge in [0, 0.05) is 51.3 Å². The third-order valence-electron chi connectivity index (χ3n) is 7.08. The molecular weight excluding hydrogens is 470 g/mol. The van der Waals surface area contributed by atoms with E-state index in [0.29, 0.717) is 44.4 Å². The Morgan fingerprint density at radius 2 is 1.84 bits per heavy atom. The first-order valence-electron chi connectivity index (χ1n) is 13.4. The zero-order valence-electron chi connectivity index (χ0n) is 23.1. The van der Waals surface area contributed by atoms with Gasteiger partial charge in [0.15, 0.2) is 11.5 Å². The molecule has 1 aliphatic rings. The minimum atomic E-state index is -0.155. The number of rotatable bonds is 13. The van der Waals surface area contributed by atoms with Crippen molar-refractivity contribution in [2.45, 2.75) is 52.5 Å². The lowest BCUT2D eigenvalue weighted by atomic mass is 9.97. The number of piperazine rings is 1. The summed E-state index contributed by atoms with van der Waals surface area (Å²) in [6.45, 7) is 8.26. The van der Waals surface area contributed by atoms with Crippen LogP contribution < -0.4 is 19.9 Å². The van der Waals surface area contributed by atoms with Gasteiger partial charge in [-0.05, 0) is 44.0 Å². The predicted octanol–water partition coefficient (Wildman–Crippen LogP) is 3.33. The number of carbonyl (C=O) groups excluding carboxylic acids is 1. The van der Waals surface area contributed by atoms with Crippen molar-refractivity contribution in [2.24, 2.45) is 5.92 Å². The minimum Gasteiger partial charge on any atom is -0.493 e. The van der Waals surface area contributed by atoms with Crippen LogP contribution in [0.3, 0.4) is 0 Å². The van der Waals surface area contributed by atoms with E-state index in [-0.39, 0.29) is 17.4 Å². The number of amides is 1. The van der Waals surface area contributed by atoms with Crippen LogP contribution in [0.4, 0.5) is 5.95 Å². The molecule has 1 N–H and O–H groups in total. The molecule has 0 saturated carbocycles. The quantitative estimate of drug-likeness (QED) is 0.439. The van der Waals surface area contributed by atoms with E-state index in [1.165, 1.54) is 0 Å². The van der Waals surface area contributed by atoms with Crippen LogP contribution in [0, 0.1) is 5.92 Å². The maximum Gasteiger partial charge on any atom is 0.252 e. The summed E-state index contributed by atoms with van der Waals surface area (Å²) in [7, 11) is 5.29. The number of aromatic amines is 1. The Bertz CT molecular complexity index is 1060. The van der Waals surface area contributed by atoms with E-state index in [9.17, 15) is 9.59 Å². The largest absolute Gasteiger partial charge is 0.493 e. The number of nitrogens with zero attached hydrogens (tertiary/aromatic N) is 4. The third-order valence-corrected chi connectivity index (χ3v) is 7.08. The number of aromatic nitrogens is 2. The highest BCUT2D eigenvalue weighted by Gasteiger charge is 2.27. The lowest BCUT2D eigenvalue weighted by Crippen LogP contribution is -2.51. The van der Waals surface area contributed by atoms with Gasteiger partial charge >= 0.3 is 0 Å². The Morgan fingerprint density at radius 3 is 2.49 bits per heavy atom. The van der Waals surface area contributed by atoms with Gasteiger partial charge in [-0.2, -0.15) is 0 Å². The summed E-state index contributed by atoms with van der Waals surface area (Å²) in [5, 5.41) is 0. The van der Waals surface area contributed by atoms with Gasteiger partial charge in [-0.15, -0.1) is 0 Å². The summed E-state index contributed by atoms with van der Waals surface area (Å²) in [4.78, 5) is 39.2. The maximum absolute atomic E-state index is 13.0. The van der Waals surface area contributed by atoms with E-state index in [1.54, 1.807) is 20.3 Å². The molecule has 2 heterocycles. The molecule has 0 radical (unpaired) electrons. The van der Waals surface area contributed by atoms with Crippen molar-refractivity contribution in [1.29, 1.82) is 0 Å². The molecule has 0 spiro atoms. The fourth-order valence-electron chi connectivity index (χ4n) is 4.79. The molecule has 1 aromatic carbocycles. The molecule has 1 aromatic heterocycles. The van der Waals surface area contributed by atoms with Crippen molar-refractivity contribution < 1.29 is 14.3 Å². The van der Waals surface area contributed by atoms with E-state index in [2.05, 4.69) is 28.6 Å². The van der Waals surface area contributed by atoms with Gasteiger partial charge in [0.25, 0.3) is 5.56 Å². The molecule has 0 aliphatic carbocycles. The molecule has 1 amide bonds. The number of H-pyrrole nitrogens is 1. The highest BCUT2D eigenvalue weighted by molar-refractivity contribution is 5.79. The summed E-state index contributed by atoms with van der Waals surface area (Å²) >= 11 is 0. The van der Waals surface area contributed by atoms with Gasteiger partial charge in [-0.25, -0.2) is 4.98 Å². The van der Waals surface area contributed by atoms with Crippen molar-refractivity contribution in [3.8, 4) is 11.5 Å².